The fourth-order valence-corrected chi connectivity index (χ4v) is 7.52. The zero-order chi connectivity index (χ0) is 30.2. The molecule has 2 nitrogen and oxygen atoms in total. The zero-order valence-electron chi connectivity index (χ0n) is 24.9. The summed E-state index contributed by atoms with van der Waals surface area (Å²) in [5, 5.41) is 4.92. The average Bonchev–Trinajstić information content (AvgIpc) is 3.24. The van der Waals surface area contributed by atoms with Crippen LogP contribution in [0.2, 0.25) is 0 Å². The summed E-state index contributed by atoms with van der Waals surface area (Å²) >= 11 is 0. The molecule has 46 heavy (non-hydrogen) atoms. The molecule has 0 saturated carbocycles. The summed E-state index contributed by atoms with van der Waals surface area (Å²) in [7, 11) is 0. The number of hydrogen-bond donors (Lipinski definition) is 0. The minimum atomic E-state index is 0.847. The third kappa shape index (κ3) is 3.65. The summed E-state index contributed by atoms with van der Waals surface area (Å²) < 4.78 is 7.02. The Labute approximate surface area is 267 Å². The van der Waals surface area contributed by atoms with E-state index in [1.807, 2.05) is 0 Å². The van der Waals surface area contributed by atoms with Gasteiger partial charge in [0.25, 0.3) is 0 Å². The van der Waals surface area contributed by atoms with Crippen molar-refractivity contribution in [2.75, 3.05) is 4.90 Å². The monoisotopic (exact) mass is 585 g/mol. The first-order valence-electron chi connectivity index (χ1n) is 15.8. The van der Waals surface area contributed by atoms with Crippen LogP contribution >= 0.6 is 0 Å². The first-order chi connectivity index (χ1) is 22.8. The van der Waals surface area contributed by atoms with Gasteiger partial charge in [-0.15, -0.1) is 0 Å². The van der Waals surface area contributed by atoms with Gasteiger partial charge in [-0.05, 0) is 85.3 Å². The molecule has 214 valence electrons. The van der Waals surface area contributed by atoms with Gasteiger partial charge in [-0.25, -0.2) is 0 Å². The third-order valence-electron chi connectivity index (χ3n) is 9.57. The van der Waals surface area contributed by atoms with Crippen molar-refractivity contribution in [1.29, 1.82) is 0 Å². The molecule has 0 spiro atoms. The fourth-order valence-electron chi connectivity index (χ4n) is 7.52. The second-order valence-corrected chi connectivity index (χ2v) is 12.1. The fraction of sp³-hybridized carbons (Fsp3) is 0. The second kappa shape index (κ2) is 9.69. The predicted molar refractivity (Wildman–Crippen MR) is 192 cm³/mol. The lowest BCUT2D eigenvalue weighted by Gasteiger charge is -2.35. The molecule has 0 radical (unpaired) electrons. The van der Waals surface area contributed by atoms with Crippen LogP contribution in [0.3, 0.4) is 0 Å². The van der Waals surface area contributed by atoms with Crippen LogP contribution in [0.25, 0.3) is 66.1 Å². The maximum atomic E-state index is 7.02. The maximum Gasteiger partial charge on any atom is 0.152 e. The van der Waals surface area contributed by atoms with Crippen molar-refractivity contribution < 1.29 is 4.74 Å². The van der Waals surface area contributed by atoms with Crippen molar-refractivity contribution in [3.8, 4) is 56.0 Å². The third-order valence-corrected chi connectivity index (χ3v) is 9.57. The molecular formula is C44H27NO. The lowest BCUT2D eigenvalue weighted by atomic mass is 9.90. The van der Waals surface area contributed by atoms with Crippen LogP contribution in [0.4, 0.5) is 17.1 Å². The number of fused-ring (bicyclic) bond motifs is 9. The molecular weight excluding hydrogens is 558 g/mol. The summed E-state index contributed by atoms with van der Waals surface area (Å²) in [6, 6.07) is 59.1. The minimum absolute atomic E-state index is 0.847. The van der Waals surface area contributed by atoms with Gasteiger partial charge in [0, 0.05) is 11.1 Å². The van der Waals surface area contributed by atoms with E-state index in [1.165, 1.54) is 49.4 Å². The van der Waals surface area contributed by atoms with E-state index < -0.39 is 0 Å². The number of nitrogens with zero attached hydrogens (tertiary/aromatic N) is 1. The Kier molecular flexibility index (Phi) is 5.31. The molecule has 0 N–H and O–H groups in total. The molecule has 0 aliphatic carbocycles. The van der Waals surface area contributed by atoms with Gasteiger partial charge in [-0.3, -0.25) is 0 Å². The number of para-hydroxylation sites is 1. The van der Waals surface area contributed by atoms with Gasteiger partial charge in [0.15, 0.2) is 11.5 Å². The van der Waals surface area contributed by atoms with Crippen LogP contribution in [-0.2, 0) is 0 Å². The first-order valence-corrected chi connectivity index (χ1v) is 15.8. The zero-order valence-corrected chi connectivity index (χ0v) is 24.9. The van der Waals surface area contributed by atoms with E-state index in [0.717, 1.165) is 45.3 Å². The number of ether oxygens (including phenoxy) is 1. The molecule has 0 bridgehead atoms. The molecule has 2 aliphatic rings. The van der Waals surface area contributed by atoms with Crippen molar-refractivity contribution in [2.24, 2.45) is 0 Å². The first kappa shape index (κ1) is 25.2. The highest BCUT2D eigenvalue weighted by atomic mass is 16.5. The highest BCUT2D eigenvalue weighted by Crippen LogP contribution is 2.60. The number of hydrogen-bond acceptors (Lipinski definition) is 2. The molecule has 0 unspecified atom stereocenters. The maximum absolute atomic E-state index is 7.02. The molecule has 8 aromatic rings. The molecule has 2 heterocycles. The van der Waals surface area contributed by atoms with Gasteiger partial charge in [-0.1, -0.05) is 133 Å². The Morgan fingerprint density at radius 1 is 0.348 bits per heavy atom. The molecule has 0 fully saturated rings. The summed E-state index contributed by atoms with van der Waals surface area (Å²) in [5.41, 5.74) is 12.7. The van der Waals surface area contributed by atoms with E-state index in [9.17, 15) is 0 Å². The summed E-state index contributed by atoms with van der Waals surface area (Å²) in [5.74, 6) is 1.70. The molecule has 0 atom stereocenters. The van der Waals surface area contributed by atoms with Crippen LogP contribution in [0.15, 0.2) is 164 Å². The number of rotatable bonds is 2. The van der Waals surface area contributed by atoms with E-state index in [-0.39, 0.29) is 0 Å². The van der Waals surface area contributed by atoms with E-state index >= 15 is 0 Å². The van der Waals surface area contributed by atoms with Crippen LogP contribution < -0.4 is 9.64 Å². The lowest BCUT2D eigenvalue weighted by molar-refractivity contribution is 0.478. The van der Waals surface area contributed by atoms with Gasteiger partial charge in [-0.2, -0.15) is 0 Å². The Balaban J connectivity index is 1.27. The largest absolute Gasteiger partial charge is 0.453 e. The molecule has 8 aromatic carbocycles. The van der Waals surface area contributed by atoms with Gasteiger partial charge >= 0.3 is 0 Å². The van der Waals surface area contributed by atoms with Crippen LogP contribution in [-0.4, -0.2) is 0 Å². The highest BCUT2D eigenvalue weighted by Gasteiger charge is 2.34. The van der Waals surface area contributed by atoms with E-state index in [0.29, 0.717) is 0 Å². The number of anilines is 3. The van der Waals surface area contributed by atoms with Crippen molar-refractivity contribution in [2.45, 2.75) is 0 Å². The summed E-state index contributed by atoms with van der Waals surface area (Å²) in [6.07, 6.45) is 0. The van der Waals surface area contributed by atoms with Gasteiger partial charge in [0.1, 0.15) is 0 Å². The minimum Gasteiger partial charge on any atom is -0.453 e. The number of benzene rings is 8. The van der Waals surface area contributed by atoms with Crippen LogP contribution in [0.1, 0.15) is 0 Å². The standard InChI is InChI=1S/C44H27NO/c1-3-15-32-28(11-1)13-9-20-34(32)30-23-24-41-42(26-30)46-43-27-31(35-21-10-14-29-12-2-4-16-33(29)35)25-39-37-18-6-5-17-36(37)38-19-7-8-22-40(38)45(41)44(39)43/h1-27H. The Morgan fingerprint density at radius 2 is 0.891 bits per heavy atom. The molecule has 2 heteroatoms. The highest BCUT2D eigenvalue weighted by molar-refractivity contribution is 6.08. The van der Waals surface area contributed by atoms with E-state index in [4.69, 9.17) is 4.74 Å². The molecule has 0 aromatic heterocycles. The van der Waals surface area contributed by atoms with Crippen molar-refractivity contribution in [3.05, 3.63) is 164 Å². The van der Waals surface area contributed by atoms with Crippen molar-refractivity contribution >= 4 is 38.6 Å². The molecule has 2 aliphatic heterocycles. The van der Waals surface area contributed by atoms with Crippen molar-refractivity contribution in [3.63, 3.8) is 0 Å². The summed E-state index contributed by atoms with van der Waals surface area (Å²) in [4.78, 5) is 2.42. The SMILES string of the molecule is c1ccc2c(c1)-c1ccccc1N1c3ccc(-c4cccc5ccccc45)cc3Oc3cc(-c4cccc5ccccc45)cc-2c31. The average molecular weight is 586 g/mol. The predicted octanol–water partition coefficient (Wildman–Crippen LogP) is 12.5. The Bertz CT molecular complexity index is 2520. The summed E-state index contributed by atoms with van der Waals surface area (Å²) in [6.45, 7) is 0. The van der Waals surface area contributed by atoms with Gasteiger partial charge in [0.05, 0.1) is 17.1 Å². The Hall–Kier alpha value is -6.12. The molecule has 10 rings (SSSR count). The van der Waals surface area contributed by atoms with Crippen molar-refractivity contribution in [1.82, 2.24) is 0 Å². The van der Waals surface area contributed by atoms with Gasteiger partial charge < -0.3 is 9.64 Å². The van der Waals surface area contributed by atoms with Crippen LogP contribution in [0.5, 0.6) is 11.5 Å². The molecule has 0 saturated heterocycles. The second-order valence-electron chi connectivity index (χ2n) is 12.1. The van der Waals surface area contributed by atoms with Crippen LogP contribution in [0, 0.1) is 0 Å². The topological polar surface area (TPSA) is 12.5 Å². The quantitative estimate of drug-likeness (QED) is 0.200. The van der Waals surface area contributed by atoms with E-state index in [1.54, 1.807) is 0 Å². The lowest BCUT2D eigenvalue weighted by Crippen LogP contribution is -2.16. The normalized spacial score (nSPS) is 12.5. The van der Waals surface area contributed by atoms with E-state index in [2.05, 4.69) is 169 Å². The smallest absolute Gasteiger partial charge is 0.152 e. The van der Waals surface area contributed by atoms with Gasteiger partial charge in [0.2, 0.25) is 0 Å². The Morgan fingerprint density at radius 3 is 1.63 bits per heavy atom. The molecule has 0 amide bonds.